The average Bonchev–Trinajstić information content (AvgIpc) is 2.88. The van der Waals surface area contributed by atoms with E-state index >= 15 is 0 Å². The normalized spacial score (nSPS) is 8.77. The molecule has 168 valence electrons. The number of anilines is 3. The van der Waals surface area contributed by atoms with Crippen molar-refractivity contribution in [2.45, 2.75) is 41.5 Å². The number of hydrogen-bond acceptors (Lipinski definition) is 5. The Hall–Kier alpha value is -3.41. The topological polar surface area (TPSA) is 58.6 Å². The third-order valence-electron chi connectivity index (χ3n) is 3.64. The Morgan fingerprint density at radius 3 is 1.84 bits per heavy atom. The molecule has 0 aliphatic rings. The summed E-state index contributed by atoms with van der Waals surface area (Å²) in [5, 5.41) is 0. The SMILES string of the molecule is CC.CC.CC.CN(C(=O)Oc1ccccc1)c1ccnc(N(C)c2ccccc2)n1. The van der Waals surface area contributed by atoms with Gasteiger partial charge in [0.05, 0.1) is 0 Å². The number of nitrogens with zero attached hydrogens (tertiary/aromatic N) is 4. The molecule has 6 heteroatoms. The van der Waals surface area contributed by atoms with E-state index in [0.29, 0.717) is 17.5 Å². The van der Waals surface area contributed by atoms with E-state index in [1.807, 2.05) is 89.9 Å². The monoisotopic (exact) mass is 424 g/mol. The van der Waals surface area contributed by atoms with Crippen molar-refractivity contribution >= 4 is 23.5 Å². The molecule has 1 amide bonds. The fourth-order valence-electron chi connectivity index (χ4n) is 2.21. The number of carbonyl (C=O) groups is 1. The highest BCUT2D eigenvalue weighted by atomic mass is 16.6. The van der Waals surface area contributed by atoms with E-state index in [2.05, 4.69) is 9.97 Å². The molecule has 2 aromatic carbocycles. The van der Waals surface area contributed by atoms with E-state index in [-0.39, 0.29) is 0 Å². The lowest BCUT2D eigenvalue weighted by Gasteiger charge is -2.20. The van der Waals surface area contributed by atoms with Gasteiger partial charge >= 0.3 is 6.09 Å². The molecule has 0 saturated heterocycles. The summed E-state index contributed by atoms with van der Waals surface area (Å²) in [5.41, 5.74) is 0.953. The molecule has 0 atom stereocenters. The fourth-order valence-corrected chi connectivity index (χ4v) is 2.21. The van der Waals surface area contributed by atoms with E-state index in [9.17, 15) is 4.79 Å². The molecule has 0 unspecified atom stereocenters. The molecule has 31 heavy (non-hydrogen) atoms. The maximum Gasteiger partial charge on any atom is 0.420 e. The number of ether oxygens (including phenoxy) is 1. The first kappa shape index (κ1) is 27.6. The van der Waals surface area contributed by atoms with Crippen LogP contribution in [0.4, 0.5) is 22.2 Å². The number of para-hydroxylation sites is 2. The Bertz CT molecular complexity index is 842. The van der Waals surface area contributed by atoms with Crippen molar-refractivity contribution in [1.82, 2.24) is 9.97 Å². The van der Waals surface area contributed by atoms with Gasteiger partial charge in [0.25, 0.3) is 0 Å². The smallest absolute Gasteiger partial charge is 0.410 e. The van der Waals surface area contributed by atoms with E-state index in [4.69, 9.17) is 4.74 Å². The van der Waals surface area contributed by atoms with E-state index in [0.717, 1.165) is 5.69 Å². The quantitative estimate of drug-likeness (QED) is 0.453. The van der Waals surface area contributed by atoms with Crippen molar-refractivity contribution in [3.05, 3.63) is 72.9 Å². The number of rotatable bonds is 4. The van der Waals surface area contributed by atoms with Crippen LogP contribution in [0.15, 0.2) is 72.9 Å². The maximum atomic E-state index is 12.3. The highest BCUT2D eigenvalue weighted by molar-refractivity contribution is 5.87. The Morgan fingerprint density at radius 1 is 0.774 bits per heavy atom. The van der Waals surface area contributed by atoms with Crippen molar-refractivity contribution in [3.63, 3.8) is 0 Å². The predicted octanol–water partition coefficient (Wildman–Crippen LogP) is 6.96. The minimum atomic E-state index is -0.516. The first-order valence-electron chi connectivity index (χ1n) is 10.8. The molecule has 0 saturated carbocycles. The molecule has 3 aromatic rings. The standard InChI is InChI=1S/C19H18N4O2.3C2H6/c1-22(15-9-5-3-6-10-15)18-20-14-13-17(21-18)23(2)19(24)25-16-11-7-4-8-12-16;3*1-2/h3-14H,1-2H3;3*1-2H3. The summed E-state index contributed by atoms with van der Waals surface area (Å²) in [5.74, 6) is 1.42. The molecule has 0 aliphatic heterocycles. The van der Waals surface area contributed by atoms with E-state index in [1.54, 1.807) is 43.6 Å². The second-order valence-corrected chi connectivity index (χ2v) is 5.35. The first-order chi connectivity index (χ1) is 15.1. The number of carbonyl (C=O) groups excluding carboxylic acids is 1. The first-order valence-corrected chi connectivity index (χ1v) is 10.8. The summed E-state index contributed by atoms with van der Waals surface area (Å²) in [6.07, 6.45) is 1.10. The highest BCUT2D eigenvalue weighted by Gasteiger charge is 2.16. The van der Waals surface area contributed by atoms with Crippen LogP contribution in [0.2, 0.25) is 0 Å². The van der Waals surface area contributed by atoms with Crippen LogP contribution < -0.4 is 14.5 Å². The van der Waals surface area contributed by atoms with Gasteiger partial charge in [-0.2, -0.15) is 4.98 Å². The van der Waals surface area contributed by atoms with Gasteiger partial charge in [0.1, 0.15) is 11.6 Å². The molecule has 0 N–H and O–H groups in total. The molecule has 0 fully saturated rings. The molecule has 1 heterocycles. The Kier molecular flexibility index (Phi) is 14.6. The second kappa shape index (κ2) is 16.4. The summed E-state index contributed by atoms with van der Waals surface area (Å²) in [4.78, 5) is 24.2. The van der Waals surface area contributed by atoms with Crippen LogP contribution in [0, 0.1) is 0 Å². The van der Waals surface area contributed by atoms with Gasteiger partial charge in [-0.25, -0.2) is 9.78 Å². The second-order valence-electron chi connectivity index (χ2n) is 5.35. The van der Waals surface area contributed by atoms with Crippen LogP contribution in [0.3, 0.4) is 0 Å². The van der Waals surface area contributed by atoms with Gasteiger partial charge in [0.15, 0.2) is 0 Å². The largest absolute Gasteiger partial charge is 0.420 e. The maximum absolute atomic E-state index is 12.3. The summed E-state index contributed by atoms with van der Waals surface area (Å²) < 4.78 is 5.33. The van der Waals surface area contributed by atoms with Crippen molar-refractivity contribution in [3.8, 4) is 5.75 Å². The summed E-state index contributed by atoms with van der Waals surface area (Å²) in [6.45, 7) is 12.0. The molecule has 0 aliphatic carbocycles. The Labute approximate surface area is 187 Å². The minimum absolute atomic E-state index is 0.453. The van der Waals surface area contributed by atoms with Crippen LogP contribution in [0.25, 0.3) is 0 Å². The van der Waals surface area contributed by atoms with Crippen molar-refractivity contribution in [1.29, 1.82) is 0 Å². The van der Waals surface area contributed by atoms with Crippen molar-refractivity contribution in [2.24, 2.45) is 0 Å². The zero-order valence-electron chi connectivity index (χ0n) is 20.0. The molecular formula is C25H36N4O2. The lowest BCUT2D eigenvalue weighted by molar-refractivity contribution is 0.209. The average molecular weight is 425 g/mol. The third kappa shape index (κ3) is 8.86. The number of hydrogen-bond donors (Lipinski definition) is 0. The van der Waals surface area contributed by atoms with Crippen LogP contribution in [0.5, 0.6) is 5.75 Å². The van der Waals surface area contributed by atoms with Crippen LogP contribution in [0.1, 0.15) is 41.5 Å². The summed E-state index contributed by atoms with van der Waals surface area (Å²) >= 11 is 0. The predicted molar refractivity (Wildman–Crippen MR) is 131 cm³/mol. The fraction of sp³-hybridized carbons (Fsp3) is 0.320. The third-order valence-corrected chi connectivity index (χ3v) is 3.64. The van der Waals surface area contributed by atoms with Gasteiger partial charge in [-0.1, -0.05) is 77.9 Å². The molecule has 0 radical (unpaired) electrons. The lowest BCUT2D eigenvalue weighted by atomic mass is 10.3. The molecule has 1 aromatic heterocycles. The molecule has 0 spiro atoms. The van der Waals surface area contributed by atoms with E-state index in [1.165, 1.54) is 4.90 Å². The van der Waals surface area contributed by atoms with Gasteiger partial charge < -0.3 is 9.64 Å². The van der Waals surface area contributed by atoms with Gasteiger partial charge in [-0.05, 0) is 30.3 Å². The van der Waals surface area contributed by atoms with Crippen LogP contribution in [-0.4, -0.2) is 30.2 Å². The summed E-state index contributed by atoms with van der Waals surface area (Å²) in [6, 6.07) is 20.3. The number of benzene rings is 2. The van der Waals surface area contributed by atoms with Gasteiger partial charge in [-0.3, -0.25) is 4.90 Å². The molecule has 6 nitrogen and oxygen atoms in total. The highest BCUT2D eigenvalue weighted by Crippen LogP contribution is 2.21. The van der Waals surface area contributed by atoms with Crippen molar-refractivity contribution < 1.29 is 9.53 Å². The van der Waals surface area contributed by atoms with Crippen molar-refractivity contribution in [2.75, 3.05) is 23.9 Å². The zero-order chi connectivity index (χ0) is 23.6. The molecule has 0 bridgehead atoms. The minimum Gasteiger partial charge on any atom is -0.410 e. The lowest BCUT2D eigenvalue weighted by Crippen LogP contribution is -2.30. The molecule has 3 rings (SSSR count). The Morgan fingerprint density at radius 2 is 1.29 bits per heavy atom. The molecular weight excluding hydrogens is 388 g/mol. The number of amides is 1. The van der Waals surface area contributed by atoms with Gasteiger partial charge in [0.2, 0.25) is 5.95 Å². The van der Waals surface area contributed by atoms with Gasteiger partial charge in [0, 0.05) is 26.0 Å². The summed E-state index contributed by atoms with van der Waals surface area (Å²) in [7, 11) is 3.48. The van der Waals surface area contributed by atoms with Gasteiger partial charge in [-0.15, -0.1) is 0 Å². The Balaban J connectivity index is 0.00000138. The number of aromatic nitrogens is 2. The zero-order valence-corrected chi connectivity index (χ0v) is 20.0. The van der Waals surface area contributed by atoms with Crippen LogP contribution >= 0.6 is 0 Å². The van der Waals surface area contributed by atoms with Crippen LogP contribution in [-0.2, 0) is 0 Å². The van der Waals surface area contributed by atoms with E-state index < -0.39 is 6.09 Å².